The van der Waals surface area contributed by atoms with E-state index >= 15 is 0 Å². The highest BCUT2D eigenvalue weighted by molar-refractivity contribution is 5.98. The number of halogens is 3. The molecular weight excluding hydrogens is 469 g/mol. The lowest BCUT2D eigenvalue weighted by atomic mass is 10.1. The molecule has 0 spiro atoms. The van der Waals surface area contributed by atoms with Crippen molar-refractivity contribution in [2.24, 2.45) is 0 Å². The van der Waals surface area contributed by atoms with Crippen molar-refractivity contribution in [1.82, 2.24) is 24.8 Å². The van der Waals surface area contributed by atoms with E-state index in [1.165, 1.54) is 23.4 Å². The van der Waals surface area contributed by atoms with Gasteiger partial charge in [0, 0.05) is 29.5 Å². The summed E-state index contributed by atoms with van der Waals surface area (Å²) in [5.74, 6) is 6.00. The lowest BCUT2D eigenvalue weighted by Gasteiger charge is -2.27. The zero-order valence-corrected chi connectivity index (χ0v) is 19.4. The van der Waals surface area contributed by atoms with E-state index in [2.05, 4.69) is 31.8 Å². The van der Waals surface area contributed by atoms with E-state index in [1.807, 2.05) is 13.0 Å². The molecule has 1 amide bonds. The van der Waals surface area contributed by atoms with Crippen LogP contribution in [0.25, 0.3) is 10.9 Å². The molecule has 0 aliphatic rings. The zero-order valence-electron chi connectivity index (χ0n) is 19.4. The highest BCUT2D eigenvalue weighted by Crippen LogP contribution is 2.29. The third kappa shape index (κ3) is 5.25. The molecule has 2 N–H and O–H groups in total. The maximum absolute atomic E-state index is 13.8. The summed E-state index contributed by atoms with van der Waals surface area (Å²) in [7, 11) is 0. The Morgan fingerprint density at radius 3 is 2.50 bits per heavy atom. The Morgan fingerprint density at radius 2 is 1.86 bits per heavy atom. The number of carbonyl (C=O) groups excluding carboxylic acids is 1. The third-order valence-corrected chi connectivity index (χ3v) is 5.46. The Balaban J connectivity index is 1.77. The average molecular weight is 490 g/mol. The number of carbonyl (C=O) groups is 1. The fourth-order valence-electron chi connectivity index (χ4n) is 3.61. The number of aromatic nitrogens is 4. The molecule has 0 bridgehead atoms. The number of nitrogen functional groups attached to an aromatic ring is 1. The minimum atomic E-state index is -4.52. The molecule has 182 valence electrons. The number of fused-ring (bicyclic) bond motifs is 1. The summed E-state index contributed by atoms with van der Waals surface area (Å²) in [6.07, 6.45) is -0.719. The normalized spacial score (nSPS) is 12.0. The van der Waals surface area contributed by atoms with Crippen molar-refractivity contribution >= 4 is 22.6 Å². The first kappa shape index (κ1) is 24.6. The maximum Gasteiger partial charge on any atom is 0.417 e. The molecule has 4 rings (SSSR count). The largest absolute Gasteiger partial charge is 0.417 e. The molecule has 0 fully saturated rings. The lowest BCUT2D eigenvalue weighted by Crippen LogP contribution is -2.35. The van der Waals surface area contributed by atoms with Crippen LogP contribution in [-0.2, 0) is 12.7 Å². The Hall–Kier alpha value is -4.52. The lowest BCUT2D eigenvalue weighted by molar-refractivity contribution is -0.137. The second-order valence-corrected chi connectivity index (χ2v) is 7.97. The number of hydrogen-bond donors (Lipinski definition) is 1. The van der Waals surface area contributed by atoms with Gasteiger partial charge in [0.15, 0.2) is 11.9 Å². The second kappa shape index (κ2) is 10.00. The predicted molar refractivity (Wildman–Crippen MR) is 128 cm³/mol. The second-order valence-electron chi connectivity index (χ2n) is 7.97. The molecule has 36 heavy (non-hydrogen) atoms. The molecule has 3 heterocycles. The van der Waals surface area contributed by atoms with Crippen molar-refractivity contribution in [3.05, 3.63) is 89.3 Å². The van der Waals surface area contributed by atoms with Crippen LogP contribution in [0, 0.1) is 18.8 Å². The molecule has 0 saturated carbocycles. The molecule has 3 aromatic heterocycles. The van der Waals surface area contributed by atoms with Gasteiger partial charge >= 0.3 is 6.18 Å². The van der Waals surface area contributed by atoms with Gasteiger partial charge in [0.1, 0.15) is 5.82 Å². The highest BCUT2D eigenvalue weighted by atomic mass is 19.4. The number of pyridine rings is 2. The standard InChI is InChI=1S/C26H21F3N6O/c1-3-5-22(24-31-10-4-11-32-24)35(15-20-8-7-19(14-33-20)26(27,28)29)25(36)17-6-9-21-18(13-17)12-16(2)23(30)34-21/h4,6-14,22H,15H2,1-2H3,(H2,30,34)/t22-/m1/s1. The Kier molecular flexibility index (Phi) is 6.83. The zero-order chi connectivity index (χ0) is 25.9. The van der Waals surface area contributed by atoms with E-state index in [4.69, 9.17) is 5.73 Å². The Morgan fingerprint density at radius 1 is 1.11 bits per heavy atom. The van der Waals surface area contributed by atoms with E-state index in [0.717, 1.165) is 17.8 Å². The number of nitrogens with zero attached hydrogens (tertiary/aromatic N) is 5. The number of alkyl halides is 3. The van der Waals surface area contributed by atoms with Crippen LogP contribution in [0.5, 0.6) is 0 Å². The number of anilines is 1. The van der Waals surface area contributed by atoms with Crippen LogP contribution in [-0.4, -0.2) is 30.7 Å². The topological polar surface area (TPSA) is 97.9 Å². The smallest absolute Gasteiger partial charge is 0.383 e. The van der Waals surface area contributed by atoms with Crippen LogP contribution >= 0.6 is 0 Å². The molecule has 10 heteroatoms. The molecule has 0 unspecified atom stereocenters. The first-order valence-electron chi connectivity index (χ1n) is 10.9. The highest BCUT2D eigenvalue weighted by Gasteiger charge is 2.32. The van der Waals surface area contributed by atoms with E-state index in [-0.39, 0.29) is 18.1 Å². The molecule has 1 atom stereocenters. The monoisotopic (exact) mass is 490 g/mol. The SMILES string of the molecule is CC#C[C@H](c1ncccn1)N(Cc1ccc(C(F)(F)F)cn1)C(=O)c1ccc2nc(N)c(C)cc2c1. The number of hydrogen-bond acceptors (Lipinski definition) is 6. The summed E-state index contributed by atoms with van der Waals surface area (Å²) in [5.41, 5.74) is 7.00. The number of benzene rings is 1. The van der Waals surface area contributed by atoms with E-state index < -0.39 is 23.7 Å². The van der Waals surface area contributed by atoms with Crippen molar-refractivity contribution in [1.29, 1.82) is 0 Å². The van der Waals surface area contributed by atoms with E-state index in [1.54, 1.807) is 31.2 Å². The van der Waals surface area contributed by atoms with E-state index in [0.29, 0.717) is 22.3 Å². The van der Waals surface area contributed by atoms with Gasteiger partial charge in [0.05, 0.1) is 23.3 Å². The molecule has 0 radical (unpaired) electrons. The fraction of sp³-hybridized carbons (Fsp3) is 0.192. The first-order valence-corrected chi connectivity index (χ1v) is 10.9. The number of aryl methyl sites for hydroxylation is 1. The first-order chi connectivity index (χ1) is 17.2. The number of nitrogens with two attached hydrogens (primary N) is 1. The molecule has 0 aliphatic heterocycles. The van der Waals surface area contributed by atoms with Gasteiger partial charge in [-0.3, -0.25) is 9.78 Å². The minimum absolute atomic E-state index is 0.119. The molecular formula is C26H21F3N6O. The van der Waals surface area contributed by atoms with Crippen LogP contribution in [0.2, 0.25) is 0 Å². The Labute approximate surface area is 205 Å². The van der Waals surface area contributed by atoms with Crippen molar-refractivity contribution in [2.45, 2.75) is 32.6 Å². The summed E-state index contributed by atoms with van der Waals surface area (Å²) in [6, 6.07) is 9.75. The summed E-state index contributed by atoms with van der Waals surface area (Å²) in [5, 5.41) is 0.717. The van der Waals surface area contributed by atoms with Crippen LogP contribution in [0.15, 0.2) is 61.1 Å². The van der Waals surface area contributed by atoms with Crippen LogP contribution < -0.4 is 5.73 Å². The molecule has 4 aromatic rings. The molecule has 1 aromatic carbocycles. The van der Waals surface area contributed by atoms with Gasteiger partial charge in [-0.1, -0.05) is 5.92 Å². The van der Waals surface area contributed by atoms with Gasteiger partial charge in [0.2, 0.25) is 0 Å². The minimum Gasteiger partial charge on any atom is -0.383 e. The number of amides is 1. The van der Waals surface area contributed by atoms with Gasteiger partial charge in [-0.25, -0.2) is 15.0 Å². The third-order valence-electron chi connectivity index (χ3n) is 5.46. The molecule has 0 aliphatic carbocycles. The van der Waals surface area contributed by atoms with Gasteiger partial charge in [-0.2, -0.15) is 13.2 Å². The van der Waals surface area contributed by atoms with Crippen LogP contribution in [0.4, 0.5) is 19.0 Å². The summed E-state index contributed by atoms with van der Waals surface area (Å²) < 4.78 is 39.0. The summed E-state index contributed by atoms with van der Waals surface area (Å²) >= 11 is 0. The summed E-state index contributed by atoms with van der Waals surface area (Å²) in [4.78, 5) is 32.0. The van der Waals surface area contributed by atoms with Crippen LogP contribution in [0.1, 0.15) is 46.0 Å². The Bertz CT molecular complexity index is 1460. The average Bonchev–Trinajstić information content (AvgIpc) is 2.86. The van der Waals surface area contributed by atoms with Crippen molar-refractivity contribution in [3.63, 3.8) is 0 Å². The van der Waals surface area contributed by atoms with Crippen LogP contribution in [0.3, 0.4) is 0 Å². The van der Waals surface area contributed by atoms with Gasteiger partial charge in [-0.05, 0) is 61.9 Å². The van der Waals surface area contributed by atoms with Gasteiger partial charge < -0.3 is 10.6 Å². The predicted octanol–water partition coefficient (Wildman–Crippen LogP) is 4.74. The maximum atomic E-state index is 13.8. The van der Waals surface area contributed by atoms with E-state index in [9.17, 15) is 18.0 Å². The number of rotatable bonds is 5. The van der Waals surface area contributed by atoms with Crippen molar-refractivity contribution in [2.75, 3.05) is 5.73 Å². The quantitative estimate of drug-likeness (QED) is 0.406. The van der Waals surface area contributed by atoms with Crippen molar-refractivity contribution in [3.8, 4) is 11.8 Å². The van der Waals surface area contributed by atoms with Crippen molar-refractivity contribution < 1.29 is 18.0 Å². The summed E-state index contributed by atoms with van der Waals surface area (Å²) in [6.45, 7) is 3.31. The molecule has 0 saturated heterocycles. The molecule has 7 nitrogen and oxygen atoms in total. The fourth-order valence-corrected chi connectivity index (χ4v) is 3.61. The van der Waals surface area contributed by atoms with Gasteiger partial charge in [-0.15, -0.1) is 5.92 Å². The van der Waals surface area contributed by atoms with Gasteiger partial charge in [0.25, 0.3) is 5.91 Å².